The summed E-state index contributed by atoms with van der Waals surface area (Å²) in [5, 5.41) is 54.3. The minimum absolute atomic E-state index is 0.00123. The van der Waals surface area contributed by atoms with Crippen molar-refractivity contribution in [3.8, 4) is 47.0 Å². The number of hydrogen-bond acceptors (Lipinski definition) is 11. The number of methoxy groups -OCH3 is 1. The summed E-state index contributed by atoms with van der Waals surface area (Å²) in [4.78, 5) is 20.7. The van der Waals surface area contributed by atoms with Crippen LogP contribution in [0.1, 0.15) is 185 Å². The molecule has 7 N–H and O–H groups in total. The number of aliphatic hydroxyl groups is 3. The van der Waals surface area contributed by atoms with Crippen LogP contribution >= 0.6 is 0 Å². The Bertz CT molecular complexity index is 2780. The van der Waals surface area contributed by atoms with Gasteiger partial charge in [-0.15, -0.1) is 0 Å². The van der Waals surface area contributed by atoms with Gasteiger partial charge < -0.3 is 50.0 Å². The fraction of sp³-hybridized carbons (Fsp3) is 0.710. The lowest BCUT2D eigenvalue weighted by atomic mass is 9.45. The topological polar surface area (TPSA) is 183 Å². The second-order valence-electron chi connectivity index (χ2n) is 27.1. The molecule has 2 spiro atoms. The van der Waals surface area contributed by atoms with Gasteiger partial charge in [-0.2, -0.15) is 0 Å². The smallest absolute Gasteiger partial charge is 0.207 e. The fourth-order valence-electron chi connectivity index (χ4n) is 19.5. The number of ketones is 1. The molecule has 0 saturated heterocycles. The van der Waals surface area contributed by atoms with E-state index in [0.717, 1.165) is 140 Å². The zero-order chi connectivity index (χ0) is 57.1. The Hall–Kier alpha value is -4.76. The molecule has 4 bridgehead atoms. The number of aliphatic imine (C=N–C) groups is 1. The van der Waals surface area contributed by atoms with Crippen LogP contribution in [-0.4, -0.2) is 90.6 Å². The van der Waals surface area contributed by atoms with E-state index in [4.69, 9.17) is 23.9 Å². The van der Waals surface area contributed by atoms with Crippen molar-refractivity contribution >= 4 is 17.4 Å². The zero-order valence-electron chi connectivity index (χ0n) is 49.8. The van der Waals surface area contributed by atoms with Gasteiger partial charge in [0, 0.05) is 61.9 Å². The number of carbonyl (C=O) groups is 1. The molecule has 2 aliphatic heterocycles. The molecule has 9 aliphatic rings. The lowest BCUT2D eigenvalue weighted by molar-refractivity contribution is -0.198. The van der Waals surface area contributed by atoms with E-state index in [2.05, 4.69) is 65.1 Å². The first-order valence-corrected chi connectivity index (χ1v) is 32.2. The van der Waals surface area contributed by atoms with Crippen molar-refractivity contribution < 1.29 is 44.2 Å². The van der Waals surface area contributed by atoms with Crippen LogP contribution in [0.5, 0.6) is 23.0 Å². The number of hydrogen-bond donors (Lipinski definition) is 7. The maximum Gasteiger partial charge on any atom is 0.207 e. The lowest BCUT2D eigenvalue weighted by Crippen LogP contribution is -2.55. The van der Waals surface area contributed by atoms with Crippen LogP contribution in [0.15, 0.2) is 47.5 Å². The first kappa shape index (κ1) is 59.0. The van der Waals surface area contributed by atoms with E-state index in [1.807, 2.05) is 25.3 Å². The standard InChI is InChI=1S/C69H96N4O9/c1-5-46-19-21-51-52(17-14-34-74)54-18-12-30-69(54)50-40-57(73-64(71-3)72-33-13-16-49-15-11-29-68(49,61(77)24-22-55(69)53(51)37-46)42-47-20-23-58(76)59(38-47)79-4)63-60(41-50)81-67(45-70-2)43-48(39-62(78)82-66(31-35-75)27-9-10-28-66)56(44-67)65(32-36-80-63)25-7-6-8-26-65/h20,22-24,38,40-41,46,48-49,51-56,62,70,74-76,78H,5-12,14-19,21,25-31,34-35,37,39,42-45H2,1-4H3,(H2,71,72,73)/b24-22+/t46-,48-,49-,51+,52-,53-,54+,55-,56-,62-,67-,68+,69-/m1/s1. The van der Waals surface area contributed by atoms with E-state index < -0.39 is 28.3 Å². The average molecular weight is 1130 g/mol. The molecular weight excluding hydrogens is 1030 g/mol. The number of likely N-dealkylation sites (N-methyl/N-ethyl adjacent to an activating group) is 1. The summed E-state index contributed by atoms with van der Waals surface area (Å²) < 4.78 is 27.2. The van der Waals surface area contributed by atoms with Crippen LogP contribution in [0.2, 0.25) is 0 Å². The van der Waals surface area contributed by atoms with Gasteiger partial charge >= 0.3 is 0 Å². The number of anilines is 1. The Labute approximate surface area is 489 Å². The molecular formula is C69H96N4O9. The normalized spacial score (nSPS) is 35.5. The van der Waals surface area contributed by atoms with Crippen molar-refractivity contribution in [3.63, 3.8) is 0 Å². The van der Waals surface area contributed by atoms with Gasteiger partial charge in [0.15, 0.2) is 29.3 Å². The molecule has 2 heterocycles. The van der Waals surface area contributed by atoms with Crippen LogP contribution in [0.4, 0.5) is 5.69 Å². The largest absolute Gasteiger partial charge is 0.504 e. The maximum atomic E-state index is 15.9. The van der Waals surface area contributed by atoms with Gasteiger partial charge in [0.05, 0.1) is 18.4 Å². The number of phenols is 1. The second-order valence-corrected chi connectivity index (χ2v) is 27.1. The molecule has 11 rings (SSSR count). The molecule has 7 aliphatic carbocycles. The van der Waals surface area contributed by atoms with Crippen molar-refractivity contribution in [1.82, 2.24) is 10.6 Å². The van der Waals surface area contributed by atoms with Crippen molar-refractivity contribution in [1.29, 1.82) is 0 Å². The van der Waals surface area contributed by atoms with Crippen LogP contribution in [0.25, 0.3) is 0 Å². The third-order valence-corrected chi connectivity index (χ3v) is 23.1. The summed E-state index contributed by atoms with van der Waals surface area (Å²) in [5.74, 6) is 11.8. The number of ether oxygens (including phenoxy) is 4. The molecule has 82 heavy (non-hydrogen) atoms. The Morgan fingerprint density at radius 1 is 0.927 bits per heavy atom. The molecule has 2 aromatic carbocycles. The first-order valence-electron chi connectivity index (χ1n) is 32.2. The average Bonchev–Trinajstić information content (AvgIpc) is 4.49. The predicted octanol–water partition coefficient (Wildman–Crippen LogP) is 11.5. The monoisotopic (exact) mass is 1120 g/mol. The maximum absolute atomic E-state index is 15.9. The highest BCUT2D eigenvalue weighted by Crippen LogP contribution is 2.67. The molecule has 13 nitrogen and oxygen atoms in total. The van der Waals surface area contributed by atoms with Gasteiger partial charge in [0.25, 0.3) is 0 Å². The van der Waals surface area contributed by atoms with E-state index in [-0.39, 0.29) is 59.8 Å². The van der Waals surface area contributed by atoms with Crippen LogP contribution in [0, 0.1) is 88.1 Å². The number of phenolic OH excluding ortho intramolecular Hbond substituents is 1. The van der Waals surface area contributed by atoms with Crippen molar-refractivity contribution in [2.75, 3.05) is 46.3 Å². The van der Waals surface area contributed by atoms with E-state index >= 15 is 4.79 Å². The van der Waals surface area contributed by atoms with E-state index in [1.54, 1.807) is 20.2 Å². The first-order chi connectivity index (χ1) is 39.9. The summed E-state index contributed by atoms with van der Waals surface area (Å²) in [7, 11) is 5.34. The van der Waals surface area contributed by atoms with Gasteiger partial charge in [-0.25, -0.2) is 0 Å². The Kier molecular flexibility index (Phi) is 18.0. The highest BCUT2D eigenvalue weighted by molar-refractivity contribution is 5.97. The van der Waals surface area contributed by atoms with Gasteiger partial charge in [-0.1, -0.05) is 88.7 Å². The van der Waals surface area contributed by atoms with E-state index in [9.17, 15) is 20.4 Å². The van der Waals surface area contributed by atoms with E-state index in [0.29, 0.717) is 91.2 Å². The molecule has 2 aromatic rings. The quantitative estimate of drug-likeness (QED) is 0.0663. The molecule has 13 heteroatoms. The number of aliphatic hydroxyl groups excluding tert-OH is 3. The Morgan fingerprint density at radius 2 is 1.74 bits per heavy atom. The number of benzene rings is 2. The number of guanidine groups is 1. The molecule has 0 amide bonds. The SMILES string of the molecule is CC[C@@H]1CC[C@@H]2[C@@H](C1)[C@H]1/C=C/C(=O)[C@]3(Cc4ccc(O)c(OC)c4)CCC[C@@H]3CC#CNC(=NC)Nc3cc(cc4c3OC#CC3(CCCCC3)[C@@H]3C[C@@](CNC)(C[C@H]3C[C@H](O)OC3(CCO)CCCC3)O4)[C@@]13CCC[C@H]3[C@@H]2CCCO. The minimum atomic E-state index is -0.989. The summed E-state index contributed by atoms with van der Waals surface area (Å²) in [6.07, 6.45) is 31.1. The van der Waals surface area contributed by atoms with Gasteiger partial charge in [-0.3, -0.25) is 15.1 Å². The molecule has 7 fully saturated rings. The van der Waals surface area contributed by atoms with Crippen molar-refractivity contribution in [3.05, 3.63) is 53.6 Å². The molecule has 7 saturated carbocycles. The van der Waals surface area contributed by atoms with Gasteiger partial charge in [0.1, 0.15) is 11.7 Å². The summed E-state index contributed by atoms with van der Waals surface area (Å²) in [6.45, 7) is 3.12. The van der Waals surface area contributed by atoms with Crippen LogP contribution in [-0.2, 0) is 21.4 Å². The van der Waals surface area contributed by atoms with Crippen LogP contribution in [0.3, 0.4) is 0 Å². The highest BCUT2D eigenvalue weighted by atomic mass is 16.6. The van der Waals surface area contributed by atoms with Gasteiger partial charge in [-0.05, 0) is 205 Å². The molecule has 0 aromatic heterocycles. The van der Waals surface area contributed by atoms with Crippen molar-refractivity contribution in [2.45, 2.75) is 203 Å². The number of rotatable bonds is 15. The minimum Gasteiger partial charge on any atom is -0.504 e. The number of nitrogens with zero attached hydrogens (tertiary/aromatic N) is 1. The highest BCUT2D eigenvalue weighted by Gasteiger charge is 2.62. The van der Waals surface area contributed by atoms with Crippen molar-refractivity contribution in [2.24, 2.45) is 69.1 Å². The lowest BCUT2D eigenvalue weighted by Gasteiger charge is -2.59. The zero-order valence-corrected chi connectivity index (χ0v) is 49.8. The molecule has 13 atom stereocenters. The number of aromatic hydroxyl groups is 1. The second kappa shape index (κ2) is 25.1. The number of carbonyl (C=O) groups excluding carboxylic acids is 1. The molecule has 0 unspecified atom stereocenters. The predicted molar refractivity (Wildman–Crippen MR) is 320 cm³/mol. The third kappa shape index (κ3) is 11.2. The van der Waals surface area contributed by atoms with Crippen LogP contribution < -0.4 is 30.2 Å². The number of allylic oxidation sites excluding steroid dienone is 2. The fourth-order valence-corrected chi connectivity index (χ4v) is 19.5. The summed E-state index contributed by atoms with van der Waals surface area (Å²) >= 11 is 0. The molecule has 0 radical (unpaired) electrons. The Balaban J connectivity index is 1.08. The summed E-state index contributed by atoms with van der Waals surface area (Å²) in [6, 6.07) is 13.4. The van der Waals surface area contributed by atoms with Gasteiger partial charge in [0.2, 0.25) is 11.7 Å². The van der Waals surface area contributed by atoms with E-state index in [1.165, 1.54) is 12.0 Å². The summed E-state index contributed by atoms with van der Waals surface area (Å²) in [5.41, 5.74) is 0.146. The third-order valence-electron chi connectivity index (χ3n) is 23.1. The number of fused-ring (bicyclic) bond motifs is 10. The Morgan fingerprint density at radius 3 is 2.51 bits per heavy atom. The molecule has 446 valence electrons. The number of nitrogens with one attached hydrogen (secondary N) is 3.